The van der Waals surface area contributed by atoms with Crippen LogP contribution in [0.2, 0.25) is 0 Å². The highest BCUT2D eigenvalue weighted by Crippen LogP contribution is 2.12. The van der Waals surface area contributed by atoms with Gasteiger partial charge in [0.2, 0.25) is 0 Å². The van der Waals surface area contributed by atoms with Crippen LogP contribution in [0.25, 0.3) is 0 Å². The summed E-state index contributed by atoms with van der Waals surface area (Å²) < 4.78 is 5.37. The zero-order valence-corrected chi connectivity index (χ0v) is 9.05. The Morgan fingerprint density at radius 3 is 3.00 bits per heavy atom. The van der Waals surface area contributed by atoms with Gasteiger partial charge in [0.05, 0.1) is 6.10 Å². The fraction of sp³-hybridized carbons (Fsp3) is 1.00. The van der Waals surface area contributed by atoms with Crippen molar-refractivity contribution in [1.82, 2.24) is 10.2 Å². The van der Waals surface area contributed by atoms with E-state index < -0.39 is 0 Å². The zero-order chi connectivity index (χ0) is 9.68. The molecule has 3 nitrogen and oxygen atoms in total. The third-order valence-corrected chi connectivity index (χ3v) is 2.82. The molecule has 1 aliphatic rings. The van der Waals surface area contributed by atoms with Crippen molar-refractivity contribution in [1.29, 1.82) is 0 Å². The first-order valence-corrected chi connectivity index (χ1v) is 5.18. The Morgan fingerprint density at radius 1 is 1.62 bits per heavy atom. The third-order valence-electron chi connectivity index (χ3n) is 2.82. The maximum Gasteiger partial charge on any atom is 0.0698 e. The second kappa shape index (κ2) is 5.58. The topological polar surface area (TPSA) is 24.5 Å². The Bertz CT molecular complexity index is 139. The van der Waals surface area contributed by atoms with Crippen LogP contribution in [0.1, 0.15) is 19.8 Å². The molecule has 0 saturated carbocycles. The van der Waals surface area contributed by atoms with Crippen LogP contribution in [-0.2, 0) is 4.74 Å². The van der Waals surface area contributed by atoms with E-state index in [9.17, 15) is 0 Å². The van der Waals surface area contributed by atoms with Crippen LogP contribution in [-0.4, -0.2) is 50.8 Å². The number of hydrogen-bond donors (Lipinski definition) is 1. The van der Waals surface area contributed by atoms with Crippen molar-refractivity contribution in [3.63, 3.8) is 0 Å². The maximum atomic E-state index is 5.37. The van der Waals surface area contributed by atoms with Gasteiger partial charge in [-0.2, -0.15) is 0 Å². The van der Waals surface area contributed by atoms with Crippen molar-refractivity contribution >= 4 is 0 Å². The Kier molecular flexibility index (Phi) is 4.70. The number of nitrogens with zero attached hydrogens (tertiary/aromatic N) is 1. The summed E-state index contributed by atoms with van der Waals surface area (Å²) in [6.45, 7) is 5.68. The number of ether oxygens (including phenoxy) is 1. The van der Waals surface area contributed by atoms with Gasteiger partial charge >= 0.3 is 0 Å². The molecule has 0 aliphatic carbocycles. The molecule has 1 N–H and O–H groups in total. The van der Waals surface area contributed by atoms with Crippen LogP contribution in [0.15, 0.2) is 0 Å². The summed E-state index contributed by atoms with van der Waals surface area (Å²) in [7, 11) is 3.83. The smallest absolute Gasteiger partial charge is 0.0698 e. The highest BCUT2D eigenvalue weighted by Gasteiger charge is 2.19. The fourth-order valence-corrected chi connectivity index (χ4v) is 1.85. The molecule has 3 heteroatoms. The number of rotatable bonds is 4. The molecular formula is C10H22N2O. The molecule has 1 aliphatic heterocycles. The summed E-state index contributed by atoms with van der Waals surface area (Å²) >= 11 is 0. The minimum Gasteiger partial charge on any atom is -0.380 e. The van der Waals surface area contributed by atoms with Gasteiger partial charge in [0.15, 0.2) is 0 Å². The predicted octanol–water partition coefficient (Wildman–Crippen LogP) is 0.705. The number of nitrogens with one attached hydrogen (secondary N) is 1. The third kappa shape index (κ3) is 3.63. The molecular weight excluding hydrogens is 164 g/mol. The van der Waals surface area contributed by atoms with Crippen molar-refractivity contribution in [2.24, 2.45) is 0 Å². The van der Waals surface area contributed by atoms with E-state index in [1.807, 2.05) is 14.2 Å². The van der Waals surface area contributed by atoms with Gasteiger partial charge in [-0.3, -0.25) is 4.90 Å². The average Bonchev–Trinajstić information content (AvgIpc) is 2.18. The highest BCUT2D eigenvalue weighted by atomic mass is 16.5. The first kappa shape index (κ1) is 11.0. The molecule has 0 amide bonds. The number of hydrogen-bond acceptors (Lipinski definition) is 3. The van der Waals surface area contributed by atoms with Gasteiger partial charge in [0, 0.05) is 26.2 Å². The van der Waals surface area contributed by atoms with Crippen molar-refractivity contribution < 1.29 is 4.74 Å². The Labute approximate surface area is 81.4 Å². The van der Waals surface area contributed by atoms with E-state index in [1.54, 1.807) is 0 Å². The lowest BCUT2D eigenvalue weighted by molar-refractivity contribution is 0.0290. The van der Waals surface area contributed by atoms with E-state index in [-0.39, 0.29) is 0 Å². The number of methoxy groups -OCH3 is 1. The van der Waals surface area contributed by atoms with E-state index in [4.69, 9.17) is 4.74 Å². The maximum absolute atomic E-state index is 5.37. The molecule has 1 fully saturated rings. The molecule has 0 spiro atoms. The summed E-state index contributed by atoms with van der Waals surface area (Å²) in [6, 6.07) is 0.579. The second-order valence-electron chi connectivity index (χ2n) is 3.95. The van der Waals surface area contributed by atoms with Gasteiger partial charge < -0.3 is 10.1 Å². The lowest BCUT2D eigenvalue weighted by Gasteiger charge is -2.33. The molecule has 0 radical (unpaired) electrons. The van der Waals surface area contributed by atoms with E-state index >= 15 is 0 Å². The van der Waals surface area contributed by atoms with E-state index in [1.165, 1.54) is 19.4 Å². The minimum atomic E-state index is 0.456. The Balaban J connectivity index is 2.25. The number of likely N-dealkylation sites (N-methyl/N-ethyl adjacent to an activating group) is 1. The van der Waals surface area contributed by atoms with Gasteiger partial charge in [0.1, 0.15) is 0 Å². The van der Waals surface area contributed by atoms with Gasteiger partial charge in [0.25, 0.3) is 0 Å². The molecule has 13 heavy (non-hydrogen) atoms. The lowest BCUT2D eigenvalue weighted by Crippen LogP contribution is -2.45. The number of piperidine rings is 1. The summed E-state index contributed by atoms with van der Waals surface area (Å²) in [4.78, 5) is 2.48. The van der Waals surface area contributed by atoms with Gasteiger partial charge in [-0.1, -0.05) is 0 Å². The highest BCUT2D eigenvalue weighted by molar-refractivity contribution is 4.75. The van der Waals surface area contributed by atoms with E-state index in [0.29, 0.717) is 12.1 Å². The lowest BCUT2D eigenvalue weighted by atomic mass is 10.1. The molecule has 1 heterocycles. The fourth-order valence-electron chi connectivity index (χ4n) is 1.85. The average molecular weight is 186 g/mol. The summed E-state index contributed by atoms with van der Waals surface area (Å²) in [6.07, 6.45) is 2.95. The van der Waals surface area contributed by atoms with Crippen LogP contribution >= 0.6 is 0 Å². The normalized spacial score (nSPS) is 27.5. The first-order chi connectivity index (χ1) is 6.26. The monoisotopic (exact) mass is 186 g/mol. The van der Waals surface area contributed by atoms with Crippen LogP contribution in [0.3, 0.4) is 0 Å². The van der Waals surface area contributed by atoms with E-state index in [0.717, 1.165) is 13.1 Å². The van der Waals surface area contributed by atoms with Crippen molar-refractivity contribution in [3.8, 4) is 0 Å². The van der Waals surface area contributed by atoms with Crippen LogP contribution in [0.4, 0.5) is 0 Å². The van der Waals surface area contributed by atoms with Crippen molar-refractivity contribution in [2.45, 2.75) is 31.9 Å². The van der Waals surface area contributed by atoms with Crippen LogP contribution in [0.5, 0.6) is 0 Å². The van der Waals surface area contributed by atoms with Gasteiger partial charge in [-0.15, -0.1) is 0 Å². The molecule has 0 aromatic heterocycles. The molecule has 0 bridgehead atoms. The van der Waals surface area contributed by atoms with Crippen molar-refractivity contribution in [2.75, 3.05) is 33.8 Å². The Morgan fingerprint density at radius 2 is 2.38 bits per heavy atom. The summed E-state index contributed by atoms with van der Waals surface area (Å²) in [5.41, 5.74) is 0. The molecule has 0 aromatic carbocycles. The SMILES string of the molecule is CNC(C)CN1CCCC(OC)C1. The van der Waals surface area contributed by atoms with Gasteiger partial charge in [-0.25, -0.2) is 0 Å². The quantitative estimate of drug-likeness (QED) is 0.699. The van der Waals surface area contributed by atoms with E-state index in [2.05, 4.69) is 17.1 Å². The minimum absolute atomic E-state index is 0.456. The number of likely N-dealkylation sites (tertiary alicyclic amines) is 1. The summed E-state index contributed by atoms with van der Waals surface area (Å²) in [5, 5.41) is 3.26. The van der Waals surface area contributed by atoms with Crippen molar-refractivity contribution in [3.05, 3.63) is 0 Å². The largest absolute Gasteiger partial charge is 0.380 e. The van der Waals surface area contributed by atoms with Crippen LogP contribution < -0.4 is 5.32 Å². The molecule has 1 rings (SSSR count). The standard InChI is InChI=1S/C10H22N2O/c1-9(11-2)7-12-6-4-5-10(8-12)13-3/h9-11H,4-8H2,1-3H3. The van der Waals surface area contributed by atoms with Crippen LogP contribution in [0, 0.1) is 0 Å². The Hall–Kier alpha value is -0.120. The first-order valence-electron chi connectivity index (χ1n) is 5.18. The predicted molar refractivity (Wildman–Crippen MR) is 55.0 cm³/mol. The molecule has 2 atom stereocenters. The molecule has 78 valence electrons. The zero-order valence-electron chi connectivity index (χ0n) is 9.05. The second-order valence-corrected chi connectivity index (χ2v) is 3.95. The van der Waals surface area contributed by atoms with Gasteiger partial charge in [-0.05, 0) is 33.4 Å². The molecule has 1 saturated heterocycles. The molecule has 2 unspecified atom stereocenters. The molecule has 0 aromatic rings. The summed E-state index contributed by atoms with van der Waals surface area (Å²) in [5.74, 6) is 0.